The maximum absolute atomic E-state index is 5.77. The minimum absolute atomic E-state index is 0.586. The second kappa shape index (κ2) is 5.05. The second-order valence-corrected chi connectivity index (χ2v) is 5.06. The Morgan fingerprint density at radius 1 is 1.42 bits per heavy atom. The zero-order valence-corrected chi connectivity index (χ0v) is 11.2. The molecule has 0 amide bonds. The molecule has 3 rings (SSSR count). The number of methoxy groups -OCH3 is 1. The predicted molar refractivity (Wildman–Crippen MR) is 77.7 cm³/mol. The molecule has 0 aliphatic carbocycles. The van der Waals surface area contributed by atoms with Crippen molar-refractivity contribution in [3.8, 4) is 5.75 Å². The highest BCUT2D eigenvalue weighted by atomic mass is 16.5. The fraction of sp³-hybridized carbons (Fsp3) is 0.400. The summed E-state index contributed by atoms with van der Waals surface area (Å²) in [4.78, 5) is 6.90. The van der Waals surface area contributed by atoms with Crippen LogP contribution >= 0.6 is 0 Å². The smallest absolute Gasteiger partial charge is 0.136 e. The largest absolute Gasteiger partial charge is 0.497 e. The normalized spacial score (nSPS) is 19.1. The highest BCUT2D eigenvalue weighted by Crippen LogP contribution is 2.31. The van der Waals surface area contributed by atoms with Gasteiger partial charge in [-0.05, 0) is 42.5 Å². The quantitative estimate of drug-likeness (QED) is 0.914. The van der Waals surface area contributed by atoms with E-state index in [1.807, 2.05) is 18.3 Å². The van der Waals surface area contributed by atoms with E-state index < -0.39 is 0 Å². The van der Waals surface area contributed by atoms with Gasteiger partial charge in [0.25, 0.3) is 0 Å². The molecule has 100 valence electrons. The number of fused-ring (bicyclic) bond motifs is 1. The first-order valence-electron chi connectivity index (χ1n) is 6.69. The summed E-state index contributed by atoms with van der Waals surface area (Å²) < 4.78 is 5.32. The summed E-state index contributed by atoms with van der Waals surface area (Å²) in [5, 5.41) is 2.35. The molecule has 4 heteroatoms. The number of aromatic nitrogens is 1. The van der Waals surface area contributed by atoms with Gasteiger partial charge in [-0.25, -0.2) is 4.98 Å². The molecule has 0 spiro atoms. The number of ether oxygens (including phenoxy) is 1. The van der Waals surface area contributed by atoms with Crippen molar-refractivity contribution in [3.05, 3.63) is 30.5 Å². The van der Waals surface area contributed by atoms with E-state index in [2.05, 4.69) is 22.0 Å². The van der Waals surface area contributed by atoms with Crippen molar-refractivity contribution in [2.24, 2.45) is 11.7 Å². The number of rotatable bonds is 3. The first-order chi connectivity index (χ1) is 9.31. The standard InChI is InChI=1S/C15H19N3O/c1-19-13-3-2-12-4-6-17-15(14(12)8-13)18-7-5-11(9-16)10-18/h2-4,6,8,11H,5,7,9-10,16H2,1H3. The van der Waals surface area contributed by atoms with E-state index in [1.165, 1.54) is 5.39 Å². The van der Waals surface area contributed by atoms with E-state index in [4.69, 9.17) is 10.5 Å². The van der Waals surface area contributed by atoms with Gasteiger partial charge in [0.15, 0.2) is 0 Å². The first-order valence-corrected chi connectivity index (χ1v) is 6.69. The third kappa shape index (κ3) is 2.24. The molecule has 1 fully saturated rings. The van der Waals surface area contributed by atoms with Crippen LogP contribution in [0.4, 0.5) is 5.82 Å². The van der Waals surface area contributed by atoms with E-state index in [1.54, 1.807) is 7.11 Å². The Labute approximate surface area is 113 Å². The fourth-order valence-electron chi connectivity index (χ4n) is 2.73. The average Bonchev–Trinajstić information content (AvgIpc) is 2.94. The molecule has 0 bridgehead atoms. The van der Waals surface area contributed by atoms with Crippen LogP contribution in [0, 0.1) is 5.92 Å². The number of benzene rings is 1. The van der Waals surface area contributed by atoms with Gasteiger partial charge < -0.3 is 15.4 Å². The lowest BCUT2D eigenvalue weighted by atomic mass is 10.1. The molecule has 4 nitrogen and oxygen atoms in total. The van der Waals surface area contributed by atoms with Crippen LogP contribution in [0.2, 0.25) is 0 Å². The van der Waals surface area contributed by atoms with Crippen molar-refractivity contribution in [1.29, 1.82) is 0 Å². The third-order valence-corrected chi connectivity index (χ3v) is 3.87. The summed E-state index contributed by atoms with van der Waals surface area (Å²) in [6.45, 7) is 2.79. The number of nitrogens with zero attached hydrogens (tertiary/aromatic N) is 2. The molecule has 1 unspecified atom stereocenters. The maximum atomic E-state index is 5.77. The van der Waals surface area contributed by atoms with Crippen molar-refractivity contribution in [3.63, 3.8) is 0 Å². The fourth-order valence-corrected chi connectivity index (χ4v) is 2.73. The summed E-state index contributed by atoms with van der Waals surface area (Å²) in [7, 11) is 1.69. The SMILES string of the molecule is COc1ccc2ccnc(N3CCC(CN)C3)c2c1. The van der Waals surface area contributed by atoms with Crippen molar-refractivity contribution in [1.82, 2.24) is 4.98 Å². The lowest BCUT2D eigenvalue weighted by molar-refractivity contribution is 0.415. The highest BCUT2D eigenvalue weighted by molar-refractivity contribution is 5.93. The van der Waals surface area contributed by atoms with E-state index in [0.717, 1.165) is 43.0 Å². The summed E-state index contributed by atoms with van der Waals surface area (Å²) in [5.74, 6) is 2.51. The zero-order valence-electron chi connectivity index (χ0n) is 11.2. The molecule has 1 saturated heterocycles. The minimum Gasteiger partial charge on any atom is -0.497 e. The first kappa shape index (κ1) is 12.2. The van der Waals surface area contributed by atoms with E-state index >= 15 is 0 Å². The Morgan fingerprint density at radius 3 is 3.05 bits per heavy atom. The van der Waals surface area contributed by atoms with Crippen LogP contribution < -0.4 is 15.4 Å². The van der Waals surface area contributed by atoms with E-state index in [9.17, 15) is 0 Å². The molecule has 2 heterocycles. The molecule has 1 aliphatic rings. The molecule has 19 heavy (non-hydrogen) atoms. The Bertz CT molecular complexity index is 585. The van der Waals surface area contributed by atoms with Crippen molar-refractivity contribution < 1.29 is 4.74 Å². The average molecular weight is 257 g/mol. The van der Waals surface area contributed by atoms with E-state index in [-0.39, 0.29) is 0 Å². The molecular formula is C15H19N3O. The van der Waals surface area contributed by atoms with Gasteiger partial charge in [-0.3, -0.25) is 0 Å². The lowest BCUT2D eigenvalue weighted by Crippen LogP contribution is -2.23. The molecule has 2 N–H and O–H groups in total. The molecule has 1 aromatic heterocycles. The predicted octanol–water partition coefficient (Wildman–Crippen LogP) is 2.03. The van der Waals surface area contributed by atoms with Crippen LogP contribution in [0.1, 0.15) is 6.42 Å². The number of anilines is 1. The van der Waals surface area contributed by atoms with Crippen LogP contribution in [-0.4, -0.2) is 31.7 Å². The molecule has 0 radical (unpaired) electrons. The summed E-state index contributed by atoms with van der Waals surface area (Å²) in [6.07, 6.45) is 3.03. The molecule has 1 atom stereocenters. The molecule has 2 aromatic rings. The van der Waals surface area contributed by atoms with Gasteiger partial charge in [-0.2, -0.15) is 0 Å². The number of nitrogens with two attached hydrogens (primary N) is 1. The molecule has 1 aliphatic heterocycles. The molecular weight excluding hydrogens is 238 g/mol. The van der Waals surface area contributed by atoms with Gasteiger partial charge in [-0.1, -0.05) is 6.07 Å². The van der Waals surface area contributed by atoms with Crippen molar-refractivity contribution in [2.75, 3.05) is 31.6 Å². The molecule has 0 saturated carbocycles. The van der Waals surface area contributed by atoms with Crippen molar-refractivity contribution in [2.45, 2.75) is 6.42 Å². The van der Waals surface area contributed by atoms with Gasteiger partial charge in [0.05, 0.1) is 7.11 Å². The minimum atomic E-state index is 0.586. The van der Waals surface area contributed by atoms with Gasteiger partial charge in [0, 0.05) is 24.7 Å². The van der Waals surface area contributed by atoms with Gasteiger partial charge in [0.1, 0.15) is 11.6 Å². The number of hydrogen-bond donors (Lipinski definition) is 1. The topological polar surface area (TPSA) is 51.4 Å². The summed E-state index contributed by atoms with van der Waals surface area (Å²) in [6, 6.07) is 8.16. The van der Waals surface area contributed by atoms with Crippen LogP contribution in [0.25, 0.3) is 10.8 Å². The Hall–Kier alpha value is -1.81. The zero-order chi connectivity index (χ0) is 13.2. The lowest BCUT2D eigenvalue weighted by Gasteiger charge is -2.19. The van der Waals surface area contributed by atoms with Crippen LogP contribution in [-0.2, 0) is 0 Å². The van der Waals surface area contributed by atoms with Gasteiger partial charge in [0.2, 0.25) is 0 Å². The van der Waals surface area contributed by atoms with Crippen molar-refractivity contribution >= 4 is 16.6 Å². The number of pyridine rings is 1. The molecule has 1 aromatic carbocycles. The maximum Gasteiger partial charge on any atom is 0.136 e. The van der Waals surface area contributed by atoms with Crippen LogP contribution in [0.3, 0.4) is 0 Å². The second-order valence-electron chi connectivity index (χ2n) is 5.06. The number of hydrogen-bond acceptors (Lipinski definition) is 4. The Balaban J connectivity index is 2.03. The van der Waals surface area contributed by atoms with Crippen LogP contribution in [0.5, 0.6) is 5.75 Å². The monoisotopic (exact) mass is 257 g/mol. The highest BCUT2D eigenvalue weighted by Gasteiger charge is 2.23. The Kier molecular flexibility index (Phi) is 3.25. The van der Waals surface area contributed by atoms with Crippen LogP contribution in [0.15, 0.2) is 30.5 Å². The van der Waals surface area contributed by atoms with Gasteiger partial charge >= 0.3 is 0 Å². The summed E-state index contributed by atoms with van der Waals surface area (Å²) in [5.41, 5.74) is 5.77. The van der Waals surface area contributed by atoms with E-state index in [0.29, 0.717) is 5.92 Å². The third-order valence-electron chi connectivity index (χ3n) is 3.87. The Morgan fingerprint density at radius 2 is 2.32 bits per heavy atom. The summed E-state index contributed by atoms with van der Waals surface area (Å²) >= 11 is 0. The van der Waals surface area contributed by atoms with Gasteiger partial charge in [-0.15, -0.1) is 0 Å².